The molecule has 0 fully saturated rings. The Morgan fingerprint density at radius 1 is 1.04 bits per heavy atom. The Morgan fingerprint density at radius 2 is 1.77 bits per heavy atom. The molecule has 0 aromatic heterocycles. The molecule has 0 aliphatic carbocycles. The van der Waals surface area contributed by atoms with Gasteiger partial charge in [-0.1, -0.05) is 33.8 Å². The summed E-state index contributed by atoms with van der Waals surface area (Å²) < 4.78 is 16.5. The van der Waals surface area contributed by atoms with Crippen molar-refractivity contribution in [2.45, 2.75) is 40.2 Å². The van der Waals surface area contributed by atoms with Gasteiger partial charge in [0.1, 0.15) is 5.75 Å². The third-order valence-electron chi connectivity index (χ3n) is 3.35. The normalized spacial score (nSPS) is 11.2. The first-order chi connectivity index (χ1) is 12.5. The topological polar surface area (TPSA) is 68.8 Å². The van der Waals surface area contributed by atoms with E-state index >= 15 is 0 Å². The van der Waals surface area contributed by atoms with Gasteiger partial charge in [-0.2, -0.15) is 0 Å². The number of amides is 1. The van der Waals surface area contributed by atoms with Crippen LogP contribution in [0.3, 0.4) is 0 Å². The lowest BCUT2D eigenvalue weighted by Crippen LogP contribution is -2.27. The molecule has 0 aliphatic heterocycles. The molecule has 148 valence electrons. The summed E-state index contributed by atoms with van der Waals surface area (Å²) in [7, 11) is 0. The molecule has 0 atom stereocenters. The van der Waals surface area contributed by atoms with Gasteiger partial charge in [-0.3, -0.25) is 4.79 Å². The Hall–Kier alpha value is -1.63. The van der Waals surface area contributed by atoms with E-state index in [-0.39, 0.29) is 5.91 Å². The highest BCUT2D eigenvalue weighted by Gasteiger charge is 2.04. The maximum atomic E-state index is 12.0. The molecule has 1 aromatic carbocycles. The summed E-state index contributed by atoms with van der Waals surface area (Å²) in [5, 5.41) is 6.14. The molecule has 0 aliphatic rings. The van der Waals surface area contributed by atoms with E-state index in [2.05, 4.69) is 38.3 Å². The predicted octanol–water partition coefficient (Wildman–Crippen LogP) is 3.08. The summed E-state index contributed by atoms with van der Waals surface area (Å²) in [5.74, 6) is 1.14. The van der Waals surface area contributed by atoms with Gasteiger partial charge in [-0.05, 0) is 18.1 Å². The van der Waals surface area contributed by atoms with Crippen LogP contribution in [0, 0.1) is 5.92 Å². The second-order valence-electron chi connectivity index (χ2n) is 6.86. The Kier molecular flexibility index (Phi) is 11.7. The third kappa shape index (κ3) is 11.8. The predicted molar refractivity (Wildman–Crippen MR) is 105 cm³/mol. The third-order valence-corrected chi connectivity index (χ3v) is 3.35. The van der Waals surface area contributed by atoms with Crippen LogP contribution in [0.5, 0.6) is 5.75 Å². The van der Waals surface area contributed by atoms with E-state index in [0.717, 1.165) is 18.0 Å². The summed E-state index contributed by atoms with van der Waals surface area (Å²) in [6.45, 7) is 12.0. The Labute approximate surface area is 157 Å². The zero-order valence-corrected chi connectivity index (χ0v) is 16.5. The van der Waals surface area contributed by atoms with Crippen LogP contribution in [0.2, 0.25) is 0 Å². The van der Waals surface area contributed by atoms with E-state index in [4.69, 9.17) is 14.2 Å². The molecule has 6 nitrogen and oxygen atoms in total. The van der Waals surface area contributed by atoms with Crippen molar-refractivity contribution in [1.29, 1.82) is 0 Å². The Balaban J connectivity index is 2.10. The van der Waals surface area contributed by atoms with Crippen molar-refractivity contribution in [2.24, 2.45) is 5.92 Å². The molecule has 1 aromatic rings. The molecule has 0 unspecified atom stereocenters. The van der Waals surface area contributed by atoms with E-state index in [9.17, 15) is 4.79 Å². The minimum Gasteiger partial charge on any atom is -0.493 e. The van der Waals surface area contributed by atoms with Gasteiger partial charge in [0.05, 0.1) is 39.5 Å². The van der Waals surface area contributed by atoms with Crippen LogP contribution in [0.15, 0.2) is 24.3 Å². The summed E-state index contributed by atoms with van der Waals surface area (Å²) in [5.41, 5.74) is 0.734. The van der Waals surface area contributed by atoms with Gasteiger partial charge < -0.3 is 24.8 Å². The highest BCUT2D eigenvalue weighted by molar-refractivity contribution is 5.90. The number of rotatable bonds is 14. The van der Waals surface area contributed by atoms with Crippen molar-refractivity contribution < 1.29 is 19.0 Å². The van der Waals surface area contributed by atoms with Crippen molar-refractivity contribution >= 4 is 11.6 Å². The first-order valence-electron chi connectivity index (χ1n) is 9.39. The Morgan fingerprint density at radius 3 is 2.46 bits per heavy atom. The summed E-state index contributed by atoms with van der Waals surface area (Å²) in [6.07, 6.45) is 0.311. The minimum atomic E-state index is -0.0759. The number of carbonyl (C=O) groups excluding carboxylic acids is 1. The van der Waals surface area contributed by atoms with Crippen LogP contribution in [0.4, 0.5) is 5.69 Å². The number of hydrogen-bond donors (Lipinski definition) is 2. The lowest BCUT2D eigenvalue weighted by Gasteiger charge is -2.11. The molecule has 1 amide bonds. The number of anilines is 1. The fraction of sp³-hybridized carbons (Fsp3) is 0.650. The van der Waals surface area contributed by atoms with Crippen molar-refractivity contribution in [1.82, 2.24) is 5.32 Å². The van der Waals surface area contributed by atoms with Crippen molar-refractivity contribution in [2.75, 3.05) is 44.9 Å². The fourth-order valence-electron chi connectivity index (χ4n) is 2.06. The monoisotopic (exact) mass is 366 g/mol. The molecule has 0 heterocycles. The number of carbonyl (C=O) groups is 1. The van der Waals surface area contributed by atoms with Gasteiger partial charge in [0.2, 0.25) is 5.91 Å². The van der Waals surface area contributed by atoms with E-state index < -0.39 is 0 Å². The standard InChI is InChI=1S/C20H34N2O4/c1-16(2)15-26-19-7-5-6-18(14-19)22-20(23)8-10-24-12-13-25-11-9-21-17(3)4/h5-7,14,16-17,21H,8-13,15H2,1-4H3,(H,22,23). The zero-order valence-electron chi connectivity index (χ0n) is 16.5. The highest BCUT2D eigenvalue weighted by atomic mass is 16.5. The maximum Gasteiger partial charge on any atom is 0.226 e. The molecule has 0 radical (unpaired) electrons. The summed E-state index contributed by atoms with van der Waals surface area (Å²) >= 11 is 0. The lowest BCUT2D eigenvalue weighted by atomic mass is 10.2. The van der Waals surface area contributed by atoms with E-state index in [1.54, 1.807) is 0 Å². The number of hydrogen-bond acceptors (Lipinski definition) is 5. The van der Waals surface area contributed by atoms with Gasteiger partial charge in [0, 0.05) is 24.3 Å². The van der Waals surface area contributed by atoms with Crippen LogP contribution < -0.4 is 15.4 Å². The maximum absolute atomic E-state index is 12.0. The average molecular weight is 367 g/mol. The first kappa shape index (κ1) is 22.4. The zero-order chi connectivity index (χ0) is 19.2. The molecule has 0 saturated heterocycles. The van der Waals surface area contributed by atoms with Crippen LogP contribution in [-0.4, -0.2) is 51.5 Å². The van der Waals surface area contributed by atoms with Gasteiger partial charge in [0.15, 0.2) is 0 Å². The molecule has 0 saturated carbocycles. The van der Waals surface area contributed by atoms with Gasteiger partial charge in [-0.25, -0.2) is 0 Å². The second kappa shape index (κ2) is 13.6. The van der Waals surface area contributed by atoms with Gasteiger partial charge >= 0.3 is 0 Å². The summed E-state index contributed by atoms with van der Waals surface area (Å²) in [4.78, 5) is 12.0. The molecule has 6 heteroatoms. The second-order valence-corrected chi connectivity index (χ2v) is 6.86. The highest BCUT2D eigenvalue weighted by Crippen LogP contribution is 2.18. The van der Waals surface area contributed by atoms with Gasteiger partial charge in [0.25, 0.3) is 0 Å². The van der Waals surface area contributed by atoms with Crippen LogP contribution >= 0.6 is 0 Å². The SMILES string of the molecule is CC(C)COc1cccc(NC(=O)CCOCCOCCNC(C)C)c1. The minimum absolute atomic E-state index is 0.0759. The largest absolute Gasteiger partial charge is 0.493 e. The van der Waals surface area contributed by atoms with Crippen molar-refractivity contribution in [3.05, 3.63) is 24.3 Å². The number of benzene rings is 1. The van der Waals surface area contributed by atoms with Crippen LogP contribution in [-0.2, 0) is 14.3 Å². The number of ether oxygens (including phenoxy) is 3. The lowest BCUT2D eigenvalue weighted by molar-refractivity contribution is -0.117. The van der Waals surface area contributed by atoms with E-state index in [0.29, 0.717) is 51.4 Å². The first-order valence-corrected chi connectivity index (χ1v) is 9.39. The molecule has 1 rings (SSSR count). The molecule has 0 spiro atoms. The molecular formula is C20H34N2O4. The van der Waals surface area contributed by atoms with Crippen molar-refractivity contribution in [3.63, 3.8) is 0 Å². The van der Waals surface area contributed by atoms with Crippen molar-refractivity contribution in [3.8, 4) is 5.75 Å². The smallest absolute Gasteiger partial charge is 0.226 e. The quantitative estimate of drug-likeness (QED) is 0.495. The Bertz CT molecular complexity index is 506. The summed E-state index contributed by atoms with van der Waals surface area (Å²) in [6, 6.07) is 7.90. The molecule has 2 N–H and O–H groups in total. The molecule has 0 bridgehead atoms. The number of nitrogens with one attached hydrogen (secondary N) is 2. The average Bonchev–Trinajstić information content (AvgIpc) is 2.58. The fourth-order valence-corrected chi connectivity index (χ4v) is 2.06. The van der Waals surface area contributed by atoms with E-state index in [1.165, 1.54) is 0 Å². The van der Waals surface area contributed by atoms with Crippen LogP contribution in [0.1, 0.15) is 34.1 Å². The van der Waals surface area contributed by atoms with Crippen LogP contribution in [0.25, 0.3) is 0 Å². The molecule has 26 heavy (non-hydrogen) atoms. The van der Waals surface area contributed by atoms with Gasteiger partial charge in [-0.15, -0.1) is 0 Å². The van der Waals surface area contributed by atoms with E-state index in [1.807, 2.05) is 24.3 Å². The molecular weight excluding hydrogens is 332 g/mol.